The van der Waals surface area contributed by atoms with Gasteiger partial charge in [-0.15, -0.1) is 0 Å². The summed E-state index contributed by atoms with van der Waals surface area (Å²) in [5.74, 6) is 4.27. The van der Waals surface area contributed by atoms with Crippen LogP contribution in [0, 0.1) is 0 Å². The van der Waals surface area contributed by atoms with Gasteiger partial charge in [-0.3, -0.25) is 0 Å². The van der Waals surface area contributed by atoms with Gasteiger partial charge in [0.1, 0.15) is 0 Å². The zero-order valence-electron chi connectivity index (χ0n) is 3.72. The molecule has 5 nitrogen and oxygen atoms in total. The van der Waals surface area contributed by atoms with Crippen LogP contribution < -0.4 is 23.1 Å². The highest BCUT2D eigenvalue weighted by Crippen LogP contribution is 1.76. The van der Waals surface area contributed by atoms with Crippen LogP contribution in [0.2, 0.25) is 0 Å². The van der Waals surface area contributed by atoms with Crippen molar-refractivity contribution in [1.29, 1.82) is 0 Å². The quantitative estimate of drug-likeness (QED) is 0.224. The van der Waals surface area contributed by atoms with E-state index in [1.54, 1.807) is 0 Å². The van der Waals surface area contributed by atoms with Crippen LogP contribution in [-0.2, 0) is 4.84 Å². The first kappa shape index (κ1) is 5.90. The van der Waals surface area contributed by atoms with E-state index in [1.807, 2.05) is 0 Å². The summed E-state index contributed by atoms with van der Waals surface area (Å²) in [5, 5.41) is 0. The van der Waals surface area contributed by atoms with Gasteiger partial charge >= 0.3 is 0 Å². The first-order chi connectivity index (χ1) is 3.18. The average Bonchev–Trinajstić information content (AvgIpc) is 1.65. The van der Waals surface area contributed by atoms with Crippen molar-refractivity contribution in [2.75, 3.05) is 0 Å². The van der Waals surface area contributed by atoms with E-state index in [4.69, 9.17) is 17.2 Å². The van der Waals surface area contributed by atoms with E-state index in [1.165, 1.54) is 0 Å². The second-order valence-electron chi connectivity index (χ2n) is 0.937. The van der Waals surface area contributed by atoms with Crippen molar-refractivity contribution in [2.24, 2.45) is 23.1 Å². The molecule has 5 heteroatoms. The molecule has 0 atom stereocenters. The molecule has 7 heavy (non-hydrogen) atoms. The summed E-state index contributed by atoms with van der Waals surface area (Å²) in [5.41, 5.74) is 14.6. The molecule has 0 unspecified atom stereocenters. The summed E-state index contributed by atoms with van der Waals surface area (Å²) in [4.78, 5) is 3.92. The van der Waals surface area contributed by atoms with Gasteiger partial charge in [0, 0.05) is 0 Å². The third-order valence-corrected chi connectivity index (χ3v) is 0.411. The van der Waals surface area contributed by atoms with E-state index < -0.39 is 0 Å². The van der Waals surface area contributed by atoms with Crippen LogP contribution in [0.5, 0.6) is 0 Å². The van der Waals surface area contributed by atoms with E-state index in [-0.39, 0.29) is 11.7 Å². The van der Waals surface area contributed by atoms with Gasteiger partial charge in [0.25, 0.3) is 0 Å². The molecule has 0 bridgehead atoms. The maximum atomic E-state index is 4.90. The predicted molar refractivity (Wildman–Crippen MR) is 24.9 cm³/mol. The minimum Gasteiger partial charge on any atom is -0.390 e. The van der Waals surface area contributed by atoms with Crippen LogP contribution in [0.15, 0.2) is 11.7 Å². The first-order valence-electron chi connectivity index (χ1n) is 1.56. The molecule has 0 aromatic rings. The number of hydrogen-bond acceptors (Lipinski definition) is 5. The van der Waals surface area contributed by atoms with Crippen molar-refractivity contribution < 1.29 is 4.84 Å². The molecule has 0 heterocycles. The van der Waals surface area contributed by atoms with Crippen LogP contribution >= 0.6 is 0 Å². The standard InChI is InChI=1S/C2H8N4O/c3-1(4)2(5)7-6/h3-6H2. The lowest BCUT2D eigenvalue weighted by Gasteiger charge is -1.96. The molecular weight excluding hydrogens is 96.0 g/mol. The Kier molecular flexibility index (Phi) is 1.80. The molecule has 0 spiro atoms. The van der Waals surface area contributed by atoms with E-state index >= 15 is 0 Å². The molecule has 0 amide bonds. The van der Waals surface area contributed by atoms with Crippen molar-refractivity contribution in [2.45, 2.75) is 0 Å². The Labute approximate surface area is 40.8 Å². The molecule has 0 aliphatic carbocycles. The lowest BCUT2D eigenvalue weighted by atomic mass is 10.7. The topological polar surface area (TPSA) is 113 Å². The summed E-state index contributed by atoms with van der Waals surface area (Å²) >= 11 is 0. The van der Waals surface area contributed by atoms with E-state index in [0.29, 0.717) is 0 Å². The Morgan fingerprint density at radius 3 is 1.57 bits per heavy atom. The lowest BCUT2D eigenvalue weighted by Crippen LogP contribution is -2.20. The van der Waals surface area contributed by atoms with Gasteiger partial charge in [-0.05, 0) is 0 Å². The van der Waals surface area contributed by atoms with Crippen molar-refractivity contribution in [3.8, 4) is 0 Å². The smallest absolute Gasteiger partial charge is 0.249 e. The van der Waals surface area contributed by atoms with Gasteiger partial charge in [-0.2, -0.15) is 5.90 Å². The molecule has 8 N–H and O–H groups in total. The van der Waals surface area contributed by atoms with Crippen molar-refractivity contribution in [3.05, 3.63) is 11.7 Å². The summed E-state index contributed by atoms with van der Waals surface area (Å²) in [6, 6.07) is 0. The second-order valence-corrected chi connectivity index (χ2v) is 0.937. The molecule has 0 saturated carbocycles. The van der Waals surface area contributed by atoms with Gasteiger partial charge in [0.2, 0.25) is 5.88 Å². The Balaban J connectivity index is 3.72. The van der Waals surface area contributed by atoms with Gasteiger partial charge in [0.05, 0.1) is 0 Å². The fraction of sp³-hybridized carbons (Fsp3) is 0. The molecule has 0 aromatic carbocycles. The van der Waals surface area contributed by atoms with Crippen LogP contribution in [0.25, 0.3) is 0 Å². The Morgan fingerprint density at radius 1 is 1.14 bits per heavy atom. The monoisotopic (exact) mass is 104 g/mol. The number of rotatable bonds is 1. The van der Waals surface area contributed by atoms with Crippen LogP contribution in [0.3, 0.4) is 0 Å². The summed E-state index contributed by atoms with van der Waals surface area (Å²) < 4.78 is 0. The minimum absolute atomic E-state index is 0.109. The average molecular weight is 104 g/mol. The highest BCUT2D eigenvalue weighted by Gasteiger charge is 1.87. The third-order valence-electron chi connectivity index (χ3n) is 0.411. The van der Waals surface area contributed by atoms with Gasteiger partial charge < -0.3 is 22.0 Å². The zero-order chi connectivity index (χ0) is 5.86. The summed E-state index contributed by atoms with van der Waals surface area (Å²) in [6.07, 6.45) is 0. The summed E-state index contributed by atoms with van der Waals surface area (Å²) in [7, 11) is 0. The highest BCUT2D eigenvalue weighted by atomic mass is 16.6. The van der Waals surface area contributed by atoms with Crippen LogP contribution in [0.4, 0.5) is 0 Å². The fourth-order valence-corrected chi connectivity index (χ4v) is 0.0680. The molecule has 42 valence electrons. The van der Waals surface area contributed by atoms with Crippen molar-refractivity contribution in [3.63, 3.8) is 0 Å². The van der Waals surface area contributed by atoms with Crippen molar-refractivity contribution in [1.82, 2.24) is 0 Å². The highest BCUT2D eigenvalue weighted by molar-refractivity contribution is 4.93. The normalized spacial score (nSPS) is 7.57. The molecule has 0 saturated heterocycles. The molecule has 0 aliphatic rings. The number of hydrogen-bond donors (Lipinski definition) is 4. The minimum atomic E-state index is -0.153. The molecule has 0 aromatic heterocycles. The maximum absolute atomic E-state index is 4.90. The van der Waals surface area contributed by atoms with Gasteiger partial charge in [-0.1, -0.05) is 0 Å². The molecular formula is C2H8N4O. The predicted octanol–water partition coefficient (Wildman–Crippen LogP) is -2.12. The molecule has 0 radical (unpaired) electrons. The van der Waals surface area contributed by atoms with Crippen LogP contribution in [-0.4, -0.2) is 0 Å². The van der Waals surface area contributed by atoms with E-state index in [0.717, 1.165) is 0 Å². The van der Waals surface area contributed by atoms with Crippen LogP contribution in [0.1, 0.15) is 0 Å². The zero-order valence-corrected chi connectivity index (χ0v) is 3.72. The van der Waals surface area contributed by atoms with Gasteiger partial charge in [-0.25, -0.2) is 0 Å². The van der Waals surface area contributed by atoms with E-state index in [9.17, 15) is 0 Å². The Morgan fingerprint density at radius 2 is 1.57 bits per heavy atom. The SMILES string of the molecule is NOC(N)=C(N)N. The Bertz CT molecular complexity index is 83.7. The second kappa shape index (κ2) is 2.14. The van der Waals surface area contributed by atoms with E-state index in [2.05, 4.69) is 10.7 Å². The molecule has 0 rings (SSSR count). The number of nitrogens with two attached hydrogens (primary N) is 4. The largest absolute Gasteiger partial charge is 0.390 e. The maximum Gasteiger partial charge on any atom is 0.249 e. The summed E-state index contributed by atoms with van der Waals surface area (Å²) in [6.45, 7) is 0. The first-order valence-corrected chi connectivity index (χ1v) is 1.56. The molecule has 0 fully saturated rings. The third kappa shape index (κ3) is 1.72. The van der Waals surface area contributed by atoms with Crippen molar-refractivity contribution >= 4 is 0 Å². The fourth-order valence-electron chi connectivity index (χ4n) is 0.0680. The van der Waals surface area contributed by atoms with Gasteiger partial charge in [0.15, 0.2) is 5.82 Å². The molecule has 0 aliphatic heterocycles. The lowest BCUT2D eigenvalue weighted by molar-refractivity contribution is 0.213. The Hall–Kier alpha value is -1.10.